The number of ether oxygens (including phenoxy) is 2. The van der Waals surface area contributed by atoms with Crippen molar-refractivity contribution in [2.24, 2.45) is 5.92 Å². The van der Waals surface area contributed by atoms with Gasteiger partial charge in [0.2, 0.25) is 0 Å². The van der Waals surface area contributed by atoms with Crippen LogP contribution in [0, 0.1) is 5.92 Å². The fourth-order valence-corrected chi connectivity index (χ4v) is 2.58. The molecule has 0 aliphatic rings. The summed E-state index contributed by atoms with van der Waals surface area (Å²) in [5, 5.41) is 6.43. The first kappa shape index (κ1) is 18.1. The third kappa shape index (κ3) is 5.17. The number of para-hydroxylation sites is 1. The van der Waals surface area contributed by atoms with Crippen LogP contribution in [0.25, 0.3) is 0 Å². The maximum Gasteiger partial charge on any atom is 0.148 e. The van der Waals surface area contributed by atoms with Gasteiger partial charge in [-0.05, 0) is 42.6 Å². The monoisotopic (exact) mass is 328 g/mol. The molecule has 0 aliphatic carbocycles. The van der Waals surface area contributed by atoms with E-state index in [0.717, 1.165) is 30.2 Å². The SMILES string of the molecule is CNCOc1cccc(OC)c1NCc1ccc(CC(C)C)cc1. The van der Waals surface area contributed by atoms with Crippen molar-refractivity contribution < 1.29 is 9.47 Å². The third-order valence-electron chi connectivity index (χ3n) is 3.72. The van der Waals surface area contributed by atoms with Crippen molar-refractivity contribution >= 4 is 5.69 Å². The van der Waals surface area contributed by atoms with E-state index in [-0.39, 0.29) is 0 Å². The van der Waals surface area contributed by atoms with Crippen LogP contribution < -0.4 is 20.1 Å². The number of hydrogen-bond acceptors (Lipinski definition) is 4. The Morgan fingerprint density at radius 3 is 2.25 bits per heavy atom. The van der Waals surface area contributed by atoms with Gasteiger partial charge in [0.1, 0.15) is 23.9 Å². The minimum Gasteiger partial charge on any atom is -0.494 e. The Morgan fingerprint density at radius 2 is 1.62 bits per heavy atom. The number of nitrogens with one attached hydrogen (secondary N) is 2. The molecule has 2 rings (SSSR count). The summed E-state index contributed by atoms with van der Waals surface area (Å²) in [6, 6.07) is 14.6. The molecule has 0 heterocycles. The standard InChI is InChI=1S/C20H28N2O2/c1-15(2)12-16-8-10-17(11-9-16)13-22-20-18(23-4)6-5-7-19(20)24-14-21-3/h5-11,15,21-22H,12-14H2,1-4H3. The van der Waals surface area contributed by atoms with Gasteiger partial charge in [0.05, 0.1) is 7.11 Å². The van der Waals surface area contributed by atoms with Gasteiger partial charge >= 0.3 is 0 Å². The van der Waals surface area contributed by atoms with Crippen LogP contribution in [-0.2, 0) is 13.0 Å². The molecule has 0 unspecified atom stereocenters. The van der Waals surface area contributed by atoms with Crippen LogP contribution >= 0.6 is 0 Å². The predicted octanol–water partition coefficient (Wildman–Crippen LogP) is 4.06. The van der Waals surface area contributed by atoms with Crippen LogP contribution in [0.2, 0.25) is 0 Å². The largest absolute Gasteiger partial charge is 0.494 e. The number of benzene rings is 2. The Morgan fingerprint density at radius 1 is 0.958 bits per heavy atom. The number of rotatable bonds is 9. The molecule has 0 atom stereocenters. The molecule has 4 heteroatoms. The molecule has 0 fully saturated rings. The van der Waals surface area contributed by atoms with Crippen LogP contribution in [0.4, 0.5) is 5.69 Å². The van der Waals surface area contributed by atoms with E-state index in [1.165, 1.54) is 11.1 Å². The zero-order valence-electron chi connectivity index (χ0n) is 15.1. The smallest absolute Gasteiger partial charge is 0.148 e. The van der Waals surface area contributed by atoms with Gasteiger partial charge in [-0.1, -0.05) is 44.2 Å². The number of anilines is 1. The fourth-order valence-electron chi connectivity index (χ4n) is 2.58. The first-order valence-corrected chi connectivity index (χ1v) is 8.40. The van der Waals surface area contributed by atoms with Gasteiger partial charge in [0.15, 0.2) is 0 Å². The second-order valence-corrected chi connectivity index (χ2v) is 6.24. The molecule has 0 saturated carbocycles. The summed E-state index contributed by atoms with van der Waals surface area (Å²) in [5.41, 5.74) is 3.48. The fraction of sp³-hybridized carbons (Fsp3) is 0.400. The number of methoxy groups -OCH3 is 1. The summed E-state index contributed by atoms with van der Waals surface area (Å²) in [5.74, 6) is 2.23. The maximum atomic E-state index is 5.73. The summed E-state index contributed by atoms with van der Waals surface area (Å²) in [6.07, 6.45) is 1.11. The van der Waals surface area contributed by atoms with Crippen molar-refractivity contribution in [3.8, 4) is 11.5 Å². The molecule has 2 N–H and O–H groups in total. The van der Waals surface area contributed by atoms with Crippen LogP contribution in [0.1, 0.15) is 25.0 Å². The normalized spacial score (nSPS) is 10.7. The summed E-state index contributed by atoms with van der Waals surface area (Å²) >= 11 is 0. The molecular formula is C20H28N2O2. The van der Waals surface area contributed by atoms with E-state index >= 15 is 0 Å². The summed E-state index contributed by atoms with van der Waals surface area (Å²) in [4.78, 5) is 0. The minimum atomic E-state index is 0.450. The molecule has 130 valence electrons. The van der Waals surface area contributed by atoms with E-state index in [2.05, 4.69) is 48.7 Å². The molecule has 0 amide bonds. The van der Waals surface area contributed by atoms with Crippen molar-refractivity contribution in [3.05, 3.63) is 53.6 Å². The van der Waals surface area contributed by atoms with Gasteiger partial charge in [0.25, 0.3) is 0 Å². The highest BCUT2D eigenvalue weighted by molar-refractivity contribution is 5.66. The Labute approximate surface area is 145 Å². The Kier molecular flexibility index (Phi) is 6.94. The second kappa shape index (κ2) is 9.18. The van der Waals surface area contributed by atoms with E-state index in [1.54, 1.807) is 7.11 Å². The van der Waals surface area contributed by atoms with Gasteiger partial charge in [-0.2, -0.15) is 0 Å². The van der Waals surface area contributed by atoms with Gasteiger partial charge in [0, 0.05) is 6.54 Å². The lowest BCUT2D eigenvalue weighted by molar-refractivity contribution is 0.295. The zero-order chi connectivity index (χ0) is 17.4. The molecule has 0 radical (unpaired) electrons. The van der Waals surface area contributed by atoms with Crippen molar-refractivity contribution in [3.63, 3.8) is 0 Å². The minimum absolute atomic E-state index is 0.450. The highest BCUT2D eigenvalue weighted by Crippen LogP contribution is 2.34. The molecule has 0 aromatic heterocycles. The van der Waals surface area contributed by atoms with Crippen LogP contribution in [0.3, 0.4) is 0 Å². The van der Waals surface area contributed by atoms with E-state index in [9.17, 15) is 0 Å². The highest BCUT2D eigenvalue weighted by atomic mass is 16.5. The lowest BCUT2D eigenvalue weighted by atomic mass is 10.0. The van der Waals surface area contributed by atoms with Crippen molar-refractivity contribution in [1.29, 1.82) is 0 Å². The molecule has 4 nitrogen and oxygen atoms in total. The molecule has 0 saturated heterocycles. The van der Waals surface area contributed by atoms with Crippen molar-refractivity contribution in [2.45, 2.75) is 26.8 Å². The quantitative estimate of drug-likeness (QED) is 0.681. The lowest BCUT2D eigenvalue weighted by Crippen LogP contribution is -2.15. The molecule has 0 bridgehead atoms. The van der Waals surface area contributed by atoms with E-state index in [0.29, 0.717) is 12.6 Å². The van der Waals surface area contributed by atoms with Crippen LogP contribution in [0.5, 0.6) is 11.5 Å². The predicted molar refractivity (Wildman–Crippen MR) is 99.9 cm³/mol. The summed E-state index contributed by atoms with van der Waals surface area (Å²) in [7, 11) is 3.52. The molecule has 0 spiro atoms. The maximum absolute atomic E-state index is 5.73. The molecule has 2 aromatic carbocycles. The Bertz CT molecular complexity index is 624. The molecule has 24 heavy (non-hydrogen) atoms. The van der Waals surface area contributed by atoms with E-state index in [1.807, 2.05) is 25.2 Å². The molecular weight excluding hydrogens is 300 g/mol. The van der Waals surface area contributed by atoms with E-state index < -0.39 is 0 Å². The Balaban J connectivity index is 2.07. The van der Waals surface area contributed by atoms with E-state index in [4.69, 9.17) is 9.47 Å². The molecule has 0 aliphatic heterocycles. The Hall–Kier alpha value is -2.20. The van der Waals surface area contributed by atoms with Gasteiger partial charge in [-0.3, -0.25) is 5.32 Å². The summed E-state index contributed by atoms with van der Waals surface area (Å²) < 4.78 is 11.2. The topological polar surface area (TPSA) is 42.5 Å². The van der Waals surface area contributed by atoms with Gasteiger partial charge in [-0.15, -0.1) is 0 Å². The average Bonchev–Trinajstić information content (AvgIpc) is 2.59. The van der Waals surface area contributed by atoms with Gasteiger partial charge in [-0.25, -0.2) is 0 Å². The first-order valence-electron chi connectivity index (χ1n) is 8.40. The zero-order valence-corrected chi connectivity index (χ0v) is 15.1. The summed E-state index contributed by atoms with van der Waals surface area (Å²) in [6.45, 7) is 5.65. The highest BCUT2D eigenvalue weighted by Gasteiger charge is 2.10. The second-order valence-electron chi connectivity index (χ2n) is 6.24. The third-order valence-corrected chi connectivity index (χ3v) is 3.72. The first-order chi connectivity index (χ1) is 11.6. The number of hydrogen-bond donors (Lipinski definition) is 2. The lowest BCUT2D eigenvalue weighted by Gasteiger charge is -2.16. The van der Waals surface area contributed by atoms with Crippen molar-refractivity contribution in [1.82, 2.24) is 5.32 Å². The molecule has 2 aromatic rings. The van der Waals surface area contributed by atoms with Crippen LogP contribution in [0.15, 0.2) is 42.5 Å². The van der Waals surface area contributed by atoms with Crippen LogP contribution in [-0.4, -0.2) is 20.9 Å². The van der Waals surface area contributed by atoms with Crippen molar-refractivity contribution in [2.75, 3.05) is 26.2 Å². The van der Waals surface area contributed by atoms with Gasteiger partial charge < -0.3 is 14.8 Å². The average molecular weight is 328 g/mol.